The number of aliphatic hydroxyl groups excluding tert-OH is 1. The molecule has 2 heterocycles. The number of hydrogen-bond donors (Lipinski definition) is 1. The van der Waals surface area contributed by atoms with E-state index in [0.29, 0.717) is 24.4 Å². The molecule has 0 radical (unpaired) electrons. The third kappa shape index (κ3) is 7.59. The molecule has 0 aliphatic carbocycles. The maximum atomic E-state index is 13.0. The van der Waals surface area contributed by atoms with E-state index in [1.807, 2.05) is 6.07 Å². The minimum absolute atomic E-state index is 0.0500. The van der Waals surface area contributed by atoms with E-state index in [2.05, 4.69) is 9.72 Å². The van der Waals surface area contributed by atoms with Crippen molar-refractivity contribution < 1.29 is 37.3 Å². The van der Waals surface area contributed by atoms with E-state index in [1.165, 1.54) is 23.1 Å². The second-order valence-corrected chi connectivity index (χ2v) is 9.11. The second kappa shape index (κ2) is 10.6. The quantitative estimate of drug-likeness (QED) is 0.611. The highest BCUT2D eigenvalue weighted by Crippen LogP contribution is 2.31. The van der Waals surface area contributed by atoms with Crippen LogP contribution in [0.2, 0.25) is 0 Å². The molecule has 1 amide bonds. The molecule has 0 bridgehead atoms. The lowest BCUT2D eigenvalue weighted by molar-refractivity contribution is -0.274. The molecule has 0 saturated carbocycles. The summed E-state index contributed by atoms with van der Waals surface area (Å²) < 4.78 is 52.8. The van der Waals surface area contributed by atoms with Crippen molar-refractivity contribution in [3.8, 4) is 5.75 Å². The first-order valence-electron chi connectivity index (χ1n) is 11.0. The number of ether oxygens (including phenoxy) is 3. The molecule has 10 heteroatoms. The number of hydrogen-bond acceptors (Lipinski definition) is 6. The van der Waals surface area contributed by atoms with E-state index in [4.69, 9.17) is 9.47 Å². The van der Waals surface area contributed by atoms with Crippen molar-refractivity contribution in [2.24, 2.45) is 0 Å². The number of anilines is 1. The van der Waals surface area contributed by atoms with Gasteiger partial charge < -0.3 is 19.3 Å². The number of halogens is 3. The van der Waals surface area contributed by atoms with Crippen LogP contribution in [0.4, 0.5) is 23.8 Å². The molecule has 1 N–H and O–H groups in total. The highest BCUT2D eigenvalue weighted by molar-refractivity contribution is 5.86. The zero-order valence-corrected chi connectivity index (χ0v) is 19.3. The number of carbonyl (C=O) groups excluding carboxylic acids is 1. The van der Waals surface area contributed by atoms with Crippen LogP contribution < -0.4 is 9.64 Å². The fourth-order valence-electron chi connectivity index (χ4n) is 3.69. The molecule has 1 fully saturated rings. The number of alkyl halides is 3. The molecule has 1 aromatic carbocycles. The summed E-state index contributed by atoms with van der Waals surface area (Å²) in [5.74, 6) is 0.0833. The lowest BCUT2D eigenvalue weighted by Crippen LogP contribution is -2.37. The van der Waals surface area contributed by atoms with Gasteiger partial charge in [0, 0.05) is 12.8 Å². The van der Waals surface area contributed by atoms with Crippen LogP contribution in [0.1, 0.15) is 50.7 Å². The van der Waals surface area contributed by atoms with Crippen LogP contribution >= 0.6 is 0 Å². The average molecular weight is 482 g/mol. The van der Waals surface area contributed by atoms with Crippen molar-refractivity contribution in [2.45, 2.75) is 64.1 Å². The van der Waals surface area contributed by atoms with Crippen molar-refractivity contribution >= 4 is 11.9 Å². The Labute approximate surface area is 196 Å². The Morgan fingerprint density at radius 3 is 2.62 bits per heavy atom. The molecule has 2 aromatic rings. The largest absolute Gasteiger partial charge is 0.573 e. The van der Waals surface area contributed by atoms with E-state index in [0.717, 1.165) is 12.0 Å². The van der Waals surface area contributed by atoms with Gasteiger partial charge in [-0.2, -0.15) is 0 Å². The van der Waals surface area contributed by atoms with Gasteiger partial charge in [0.15, 0.2) is 0 Å². The molecule has 0 unspecified atom stereocenters. The first-order chi connectivity index (χ1) is 15.9. The van der Waals surface area contributed by atoms with Gasteiger partial charge >= 0.3 is 12.5 Å². The molecule has 1 aliphatic rings. The lowest BCUT2D eigenvalue weighted by atomic mass is 9.90. The standard InChI is InChI=1S/C24H29F3N2O5/c1-23(2,3)34-22(31)29(14-16-5-4-6-19(11-16)33-24(25,26)27)21-8-7-18(13-28-21)17-9-10-32-20(12-17)15-30/h4-8,11,13,17,20,30H,9-10,12,14-15H2,1-3H3/t17-,20-/m0/s1. The van der Waals surface area contributed by atoms with Crippen LogP contribution in [0, 0.1) is 0 Å². The number of nitrogens with zero attached hydrogens (tertiary/aromatic N) is 2. The van der Waals surface area contributed by atoms with Gasteiger partial charge in [0.25, 0.3) is 0 Å². The Morgan fingerprint density at radius 1 is 1.24 bits per heavy atom. The maximum absolute atomic E-state index is 13.0. The van der Waals surface area contributed by atoms with Crippen molar-refractivity contribution in [1.82, 2.24) is 4.98 Å². The van der Waals surface area contributed by atoms with Crippen molar-refractivity contribution in [3.05, 3.63) is 53.7 Å². The van der Waals surface area contributed by atoms with Crippen LogP contribution in [0.25, 0.3) is 0 Å². The van der Waals surface area contributed by atoms with Gasteiger partial charge in [-0.25, -0.2) is 9.78 Å². The number of aliphatic hydroxyl groups is 1. The number of rotatable bonds is 6. The summed E-state index contributed by atoms with van der Waals surface area (Å²) in [5, 5.41) is 9.38. The van der Waals surface area contributed by atoms with Crippen molar-refractivity contribution in [3.63, 3.8) is 0 Å². The first-order valence-corrected chi connectivity index (χ1v) is 11.0. The van der Waals surface area contributed by atoms with Gasteiger partial charge in [-0.1, -0.05) is 18.2 Å². The first kappa shape index (κ1) is 25.8. The summed E-state index contributed by atoms with van der Waals surface area (Å²) in [7, 11) is 0. The second-order valence-electron chi connectivity index (χ2n) is 9.11. The molecule has 34 heavy (non-hydrogen) atoms. The Morgan fingerprint density at radius 2 is 2.00 bits per heavy atom. The molecular formula is C24H29F3N2O5. The van der Waals surface area contributed by atoms with Crippen LogP contribution in [-0.4, -0.2) is 47.5 Å². The summed E-state index contributed by atoms with van der Waals surface area (Å²) >= 11 is 0. The summed E-state index contributed by atoms with van der Waals surface area (Å²) in [4.78, 5) is 18.7. The number of pyridine rings is 1. The highest BCUT2D eigenvalue weighted by Gasteiger charge is 2.31. The third-order valence-electron chi connectivity index (χ3n) is 5.18. The zero-order chi connectivity index (χ0) is 24.9. The molecule has 1 aromatic heterocycles. The Hall–Kier alpha value is -2.85. The van der Waals surface area contributed by atoms with E-state index >= 15 is 0 Å². The van der Waals surface area contributed by atoms with Gasteiger partial charge in [-0.15, -0.1) is 13.2 Å². The van der Waals surface area contributed by atoms with Crippen LogP contribution in [0.5, 0.6) is 5.75 Å². The average Bonchev–Trinajstić information content (AvgIpc) is 2.75. The summed E-state index contributed by atoms with van der Waals surface area (Å²) in [5.41, 5.74) is 0.585. The van der Waals surface area contributed by atoms with Crippen molar-refractivity contribution in [1.29, 1.82) is 0 Å². The third-order valence-corrected chi connectivity index (χ3v) is 5.18. The van der Waals surface area contributed by atoms with Gasteiger partial charge in [0.05, 0.1) is 19.3 Å². The van der Waals surface area contributed by atoms with Crippen LogP contribution in [0.3, 0.4) is 0 Å². The van der Waals surface area contributed by atoms with Crippen LogP contribution in [0.15, 0.2) is 42.6 Å². The Bertz CT molecular complexity index is 960. The number of amides is 1. The normalized spacial score (nSPS) is 18.9. The molecule has 3 rings (SSSR count). The van der Waals surface area contributed by atoms with Gasteiger partial charge in [-0.05, 0) is 68.9 Å². The highest BCUT2D eigenvalue weighted by atomic mass is 19.4. The van der Waals surface area contributed by atoms with E-state index < -0.39 is 18.1 Å². The summed E-state index contributed by atoms with van der Waals surface area (Å²) in [6.07, 6.45) is -2.59. The van der Waals surface area contributed by atoms with E-state index in [1.54, 1.807) is 39.1 Å². The minimum Gasteiger partial charge on any atom is -0.443 e. The van der Waals surface area contributed by atoms with Gasteiger partial charge in [-0.3, -0.25) is 4.90 Å². The Balaban J connectivity index is 1.83. The monoisotopic (exact) mass is 482 g/mol. The summed E-state index contributed by atoms with van der Waals surface area (Å²) in [6.45, 7) is 5.59. The van der Waals surface area contributed by atoms with Crippen LogP contribution in [-0.2, 0) is 16.0 Å². The number of benzene rings is 1. The van der Waals surface area contributed by atoms with E-state index in [-0.39, 0.29) is 30.9 Å². The molecule has 186 valence electrons. The van der Waals surface area contributed by atoms with Crippen molar-refractivity contribution in [2.75, 3.05) is 18.1 Å². The fourth-order valence-corrected chi connectivity index (χ4v) is 3.69. The zero-order valence-electron chi connectivity index (χ0n) is 19.3. The summed E-state index contributed by atoms with van der Waals surface area (Å²) in [6, 6.07) is 8.95. The lowest BCUT2D eigenvalue weighted by Gasteiger charge is -2.29. The SMILES string of the molecule is CC(C)(C)OC(=O)N(Cc1cccc(OC(F)(F)F)c1)c1ccc([C@H]2CCO[C@H](CO)C2)cn1. The topological polar surface area (TPSA) is 81.1 Å². The molecule has 1 saturated heterocycles. The predicted molar refractivity (Wildman–Crippen MR) is 119 cm³/mol. The molecule has 7 nitrogen and oxygen atoms in total. The van der Waals surface area contributed by atoms with Gasteiger partial charge in [0.2, 0.25) is 0 Å². The smallest absolute Gasteiger partial charge is 0.443 e. The molecule has 2 atom stereocenters. The molecular weight excluding hydrogens is 453 g/mol. The molecule has 1 aliphatic heterocycles. The fraction of sp³-hybridized carbons (Fsp3) is 0.500. The van der Waals surface area contributed by atoms with E-state index in [9.17, 15) is 23.1 Å². The minimum atomic E-state index is -4.82. The van der Waals surface area contributed by atoms with Gasteiger partial charge in [0.1, 0.15) is 17.2 Å². The number of aromatic nitrogens is 1. The predicted octanol–water partition coefficient (Wildman–Crippen LogP) is 5.18. The Kier molecular flexibility index (Phi) is 8.04. The number of carbonyl (C=O) groups is 1. The molecule has 0 spiro atoms. The maximum Gasteiger partial charge on any atom is 0.573 e.